The second-order valence-corrected chi connectivity index (χ2v) is 7.68. The molecule has 2 aromatic rings. The largest absolute Gasteiger partial charge is 0.437 e. The van der Waals surface area contributed by atoms with Gasteiger partial charge in [0, 0.05) is 12.6 Å². The molecule has 5 N–H and O–H groups in total. The van der Waals surface area contributed by atoms with Gasteiger partial charge in [0.25, 0.3) is 0 Å². The number of carbonyl (C=O) groups is 1. The molecule has 0 spiro atoms. The Hall–Kier alpha value is -2.90. The zero-order valence-electron chi connectivity index (χ0n) is 17.7. The molecule has 0 radical (unpaired) electrons. The van der Waals surface area contributed by atoms with Gasteiger partial charge in [-0.15, -0.1) is 4.99 Å². The molecular formula is C22H28N4O3. The van der Waals surface area contributed by atoms with Gasteiger partial charge in [0.1, 0.15) is 11.8 Å². The van der Waals surface area contributed by atoms with Gasteiger partial charge in [-0.2, -0.15) is 0 Å². The summed E-state index contributed by atoms with van der Waals surface area (Å²) in [5.41, 5.74) is 14.1. The summed E-state index contributed by atoms with van der Waals surface area (Å²) >= 11 is 0. The fraction of sp³-hybridized carbons (Fsp3) is 0.364. The number of aliphatic hydroxyl groups excluding tert-OH is 1. The smallest absolute Gasteiger partial charge is 0.437 e. The Morgan fingerprint density at radius 1 is 1.21 bits per heavy atom. The maximum absolute atomic E-state index is 12.4. The first-order valence-corrected chi connectivity index (χ1v) is 9.69. The van der Waals surface area contributed by atoms with Crippen LogP contribution in [0.3, 0.4) is 0 Å². The van der Waals surface area contributed by atoms with Crippen molar-refractivity contribution >= 4 is 12.1 Å². The summed E-state index contributed by atoms with van der Waals surface area (Å²) in [5.74, 6) is -0.0670. The number of aliphatic imine (C=N–C) groups is 1. The van der Waals surface area contributed by atoms with Gasteiger partial charge < -0.3 is 26.2 Å². The van der Waals surface area contributed by atoms with Gasteiger partial charge in [0.15, 0.2) is 0 Å². The summed E-state index contributed by atoms with van der Waals surface area (Å²) in [6, 6.07) is 17.5. The van der Waals surface area contributed by atoms with E-state index in [4.69, 9.17) is 17.6 Å². The van der Waals surface area contributed by atoms with Crippen LogP contribution in [0, 0.1) is 0 Å². The number of benzene rings is 2. The average Bonchev–Trinajstić information content (AvgIpc) is 2.73. The van der Waals surface area contributed by atoms with E-state index >= 15 is 0 Å². The Labute approximate surface area is 172 Å². The normalized spacial score (nSPS) is 20.9. The molecule has 0 aliphatic carbocycles. The molecule has 1 saturated heterocycles. The minimum atomic E-state index is -0.903. The highest BCUT2D eigenvalue weighted by atomic mass is 16.6. The van der Waals surface area contributed by atoms with E-state index in [0.717, 1.165) is 23.1 Å². The summed E-state index contributed by atoms with van der Waals surface area (Å²) in [7, 11) is 0. The molecule has 7 nitrogen and oxygen atoms in total. The van der Waals surface area contributed by atoms with Crippen LogP contribution in [-0.4, -0.2) is 42.3 Å². The molecule has 29 heavy (non-hydrogen) atoms. The first kappa shape index (κ1) is 19.4. The number of nitrogens with zero attached hydrogens (tertiary/aromatic N) is 2. The predicted molar refractivity (Wildman–Crippen MR) is 113 cm³/mol. The number of carbonyl (C=O) groups excluding carboxylic acids is 1. The van der Waals surface area contributed by atoms with Crippen molar-refractivity contribution in [3.63, 3.8) is 0 Å². The molecule has 1 aliphatic heterocycles. The highest BCUT2D eigenvalue weighted by Gasteiger charge is 2.30. The van der Waals surface area contributed by atoms with Crippen molar-refractivity contribution in [2.75, 3.05) is 6.54 Å². The van der Waals surface area contributed by atoms with Crippen molar-refractivity contribution in [1.82, 2.24) is 4.90 Å². The molecule has 1 fully saturated rings. The number of nitrogens with two attached hydrogens (primary N) is 2. The molecule has 3 rings (SSSR count). The van der Waals surface area contributed by atoms with Crippen LogP contribution in [0.4, 0.5) is 4.79 Å². The number of rotatable bonds is 4. The van der Waals surface area contributed by atoms with E-state index < -0.39 is 17.9 Å². The number of hydrogen-bond acceptors (Lipinski definition) is 4. The van der Waals surface area contributed by atoms with Gasteiger partial charge in [0.05, 0.1) is 0 Å². The number of aliphatic hydroxyl groups is 1. The molecule has 2 aromatic carbocycles. The molecule has 2 atom stereocenters. The fourth-order valence-corrected chi connectivity index (χ4v) is 3.40. The van der Waals surface area contributed by atoms with E-state index in [0.29, 0.717) is 13.0 Å². The number of likely N-dealkylation sites (tertiary alicyclic amines) is 1. The van der Waals surface area contributed by atoms with Crippen LogP contribution in [0.25, 0.3) is 11.1 Å². The number of amides is 1. The molecule has 7 heteroatoms. The lowest BCUT2D eigenvalue weighted by molar-refractivity contribution is 0.00529. The molecule has 1 amide bonds. The van der Waals surface area contributed by atoms with Crippen molar-refractivity contribution in [3.05, 3.63) is 60.2 Å². The summed E-state index contributed by atoms with van der Waals surface area (Å²) in [4.78, 5) is 17.8. The molecule has 1 aliphatic rings. The second-order valence-electron chi connectivity index (χ2n) is 7.68. The van der Waals surface area contributed by atoms with Crippen LogP contribution >= 0.6 is 0 Å². The third-order valence-electron chi connectivity index (χ3n) is 5.14. The molecule has 0 bridgehead atoms. The van der Waals surface area contributed by atoms with Crippen LogP contribution < -0.4 is 11.5 Å². The molecule has 2 unspecified atom stereocenters. The Kier molecular flexibility index (Phi) is 5.78. The SMILES string of the molecule is [3H]OC1C(N)CCCN1C(N)=NC(=O)OC(C)(C)c1ccc(-c2ccccc2)cc1. The van der Waals surface area contributed by atoms with Crippen molar-refractivity contribution in [2.24, 2.45) is 16.5 Å². The quantitative estimate of drug-likeness (QED) is 0.539. The van der Waals surface area contributed by atoms with Crippen molar-refractivity contribution in [2.45, 2.75) is 44.6 Å². The van der Waals surface area contributed by atoms with Gasteiger partial charge >= 0.3 is 6.09 Å². The van der Waals surface area contributed by atoms with Gasteiger partial charge in [-0.25, -0.2) is 4.79 Å². The number of guanidine groups is 1. The van der Waals surface area contributed by atoms with Crippen molar-refractivity contribution in [1.29, 1.82) is 1.43 Å². The Bertz CT molecular complexity index is 887. The lowest BCUT2D eigenvalue weighted by atomic mass is 9.95. The van der Waals surface area contributed by atoms with E-state index in [1.165, 1.54) is 4.90 Å². The predicted octanol–water partition coefficient (Wildman–Crippen LogP) is 2.78. The van der Waals surface area contributed by atoms with Crippen LogP contribution in [0.5, 0.6) is 0 Å². The highest BCUT2D eigenvalue weighted by molar-refractivity contribution is 5.89. The topological polar surface area (TPSA) is 114 Å². The zero-order valence-corrected chi connectivity index (χ0v) is 16.7. The summed E-state index contributed by atoms with van der Waals surface area (Å²) in [5, 5.41) is 4.67. The number of piperidine rings is 1. The van der Waals surface area contributed by atoms with Crippen LogP contribution in [0.15, 0.2) is 59.6 Å². The highest BCUT2D eigenvalue weighted by Crippen LogP contribution is 2.28. The second kappa shape index (κ2) is 8.63. The maximum atomic E-state index is 12.4. The lowest BCUT2D eigenvalue weighted by Crippen LogP contribution is -2.56. The summed E-state index contributed by atoms with van der Waals surface area (Å²) < 4.78 is 12.8. The van der Waals surface area contributed by atoms with Crippen LogP contribution in [-0.2, 0) is 10.3 Å². The van der Waals surface area contributed by atoms with E-state index in [-0.39, 0.29) is 12.0 Å². The zero-order chi connectivity index (χ0) is 21.7. The third-order valence-corrected chi connectivity index (χ3v) is 5.14. The van der Waals surface area contributed by atoms with Gasteiger partial charge in [-0.3, -0.25) is 0 Å². The van der Waals surface area contributed by atoms with Crippen LogP contribution in [0.2, 0.25) is 0 Å². The number of ether oxygens (including phenoxy) is 1. The van der Waals surface area contributed by atoms with Gasteiger partial charge in [-0.05, 0) is 43.4 Å². The first-order valence-electron chi connectivity index (χ1n) is 10.1. The third kappa shape index (κ3) is 4.93. The maximum Gasteiger partial charge on any atom is 0.437 e. The van der Waals surface area contributed by atoms with E-state index in [9.17, 15) is 4.79 Å². The number of hydrogen-bond donors (Lipinski definition) is 3. The van der Waals surface area contributed by atoms with E-state index in [1.54, 1.807) is 13.8 Å². The van der Waals surface area contributed by atoms with Crippen molar-refractivity contribution < 1.29 is 14.6 Å². The summed E-state index contributed by atoms with van der Waals surface area (Å²) in [6.07, 6.45) is -0.0728. The minimum Gasteiger partial charge on any atom is -0.437 e. The Morgan fingerprint density at radius 2 is 1.86 bits per heavy atom. The molecule has 0 aromatic heterocycles. The molecule has 1 heterocycles. The minimum absolute atomic E-state index is 0.0670. The van der Waals surface area contributed by atoms with Gasteiger partial charge in [0.2, 0.25) is 7.39 Å². The average molecular weight is 398 g/mol. The molecule has 0 saturated carbocycles. The summed E-state index contributed by atoms with van der Waals surface area (Å²) in [6.45, 7) is 4.09. The van der Waals surface area contributed by atoms with E-state index in [1.807, 2.05) is 54.6 Å². The fourth-order valence-electron chi connectivity index (χ4n) is 3.40. The lowest BCUT2D eigenvalue weighted by Gasteiger charge is -2.36. The van der Waals surface area contributed by atoms with Crippen molar-refractivity contribution in [3.8, 4) is 11.1 Å². The Morgan fingerprint density at radius 3 is 2.52 bits per heavy atom. The van der Waals surface area contributed by atoms with Gasteiger partial charge in [-0.1, -0.05) is 54.6 Å². The first-order chi connectivity index (χ1) is 14.3. The molecule has 154 valence electrons. The Balaban J connectivity index is 1.69. The van der Waals surface area contributed by atoms with E-state index in [2.05, 4.69) is 10.1 Å². The molecular weight excluding hydrogens is 368 g/mol. The van der Waals surface area contributed by atoms with Crippen LogP contribution in [0.1, 0.15) is 32.3 Å². The standard InChI is InChI=1S/C22H28N4O3/c1-22(2,17-12-10-16(11-13-17)15-7-4-3-5-8-15)29-21(28)25-20(24)26-14-6-9-18(23)19(26)27/h3-5,7-8,10-13,18-19,27H,6,9,14,23H2,1-2H3,(H2,24,25,28)/i27T. The monoisotopic (exact) mass is 398 g/mol.